The maximum atomic E-state index is 9.78. The Hall–Kier alpha value is -0.320. The number of nitrogens with zero attached hydrogens (tertiary/aromatic N) is 1. The molecule has 0 radical (unpaired) electrons. The monoisotopic (exact) mass is 303 g/mol. The molecular weight excluding hydrogens is 285 g/mol. The zero-order chi connectivity index (χ0) is 13.9. The molecule has 0 saturated carbocycles. The topological polar surface area (TPSA) is 32.7 Å². The molecule has 3 nitrogen and oxygen atoms in total. The molecule has 1 aliphatic rings. The third-order valence-electron chi connectivity index (χ3n) is 3.68. The summed E-state index contributed by atoms with van der Waals surface area (Å²) in [4.78, 5) is 2.28. The Labute approximate surface area is 124 Å². The van der Waals surface area contributed by atoms with Gasteiger partial charge in [0.1, 0.15) is 0 Å². The summed E-state index contributed by atoms with van der Waals surface area (Å²) in [7, 11) is 0. The summed E-state index contributed by atoms with van der Waals surface area (Å²) in [5.41, 5.74) is 0.790. The lowest BCUT2D eigenvalue weighted by atomic mass is 9.91. The molecule has 1 aromatic rings. The van der Waals surface area contributed by atoms with Crippen LogP contribution in [0.25, 0.3) is 0 Å². The summed E-state index contributed by atoms with van der Waals surface area (Å²) in [5.74, 6) is 0. The van der Waals surface area contributed by atoms with Gasteiger partial charge in [-0.05, 0) is 31.0 Å². The van der Waals surface area contributed by atoms with Gasteiger partial charge < -0.3 is 9.84 Å². The molecule has 0 bridgehead atoms. The first kappa shape index (κ1) is 15.1. The number of halogens is 2. The summed E-state index contributed by atoms with van der Waals surface area (Å²) in [5, 5.41) is 10.9. The molecule has 2 rings (SSSR count). The number of hydrogen-bond donors (Lipinski definition) is 1. The standard InChI is InChI=1S/C14H19Cl2NO2/c1-14(10-18,17-4-6-19-7-5-17)9-11-2-3-12(15)13(16)8-11/h2-3,8,18H,4-7,9-10H2,1H3. The molecule has 0 spiro atoms. The Morgan fingerprint density at radius 2 is 1.95 bits per heavy atom. The fourth-order valence-corrected chi connectivity index (χ4v) is 2.78. The van der Waals surface area contributed by atoms with Crippen LogP contribution < -0.4 is 0 Å². The van der Waals surface area contributed by atoms with Crippen molar-refractivity contribution in [1.29, 1.82) is 0 Å². The molecule has 1 atom stereocenters. The first-order valence-electron chi connectivity index (χ1n) is 6.43. The van der Waals surface area contributed by atoms with Crippen molar-refractivity contribution < 1.29 is 9.84 Å². The molecule has 1 aliphatic heterocycles. The van der Waals surface area contributed by atoms with Crippen LogP contribution in [-0.2, 0) is 11.2 Å². The average Bonchev–Trinajstić information content (AvgIpc) is 2.44. The van der Waals surface area contributed by atoms with Crippen LogP contribution in [0.4, 0.5) is 0 Å². The highest BCUT2D eigenvalue weighted by atomic mass is 35.5. The molecule has 1 heterocycles. The van der Waals surface area contributed by atoms with E-state index in [9.17, 15) is 5.11 Å². The van der Waals surface area contributed by atoms with Gasteiger partial charge in [0, 0.05) is 18.6 Å². The predicted octanol–water partition coefficient (Wildman–Crippen LogP) is 2.62. The molecule has 1 saturated heterocycles. The minimum atomic E-state index is -0.291. The summed E-state index contributed by atoms with van der Waals surface area (Å²) in [6.07, 6.45) is 0.736. The van der Waals surface area contributed by atoms with Crippen LogP contribution in [0, 0.1) is 0 Å². The van der Waals surface area contributed by atoms with Crippen LogP contribution in [0.1, 0.15) is 12.5 Å². The van der Waals surface area contributed by atoms with Gasteiger partial charge in [-0.3, -0.25) is 4.90 Å². The molecule has 0 aliphatic carbocycles. The summed E-state index contributed by atoms with van der Waals surface area (Å²) in [6.45, 7) is 5.30. The Morgan fingerprint density at radius 1 is 1.26 bits per heavy atom. The SMILES string of the molecule is CC(CO)(Cc1ccc(Cl)c(Cl)c1)N1CCOCC1. The quantitative estimate of drug-likeness (QED) is 0.928. The van der Waals surface area contributed by atoms with Crippen molar-refractivity contribution in [2.24, 2.45) is 0 Å². The van der Waals surface area contributed by atoms with Gasteiger partial charge in [-0.25, -0.2) is 0 Å². The maximum absolute atomic E-state index is 9.78. The molecule has 5 heteroatoms. The van der Waals surface area contributed by atoms with E-state index in [4.69, 9.17) is 27.9 Å². The maximum Gasteiger partial charge on any atom is 0.0616 e. The number of aliphatic hydroxyl groups excluding tert-OH is 1. The zero-order valence-corrected chi connectivity index (χ0v) is 12.5. The first-order chi connectivity index (χ1) is 9.05. The number of morpholine rings is 1. The summed E-state index contributed by atoms with van der Waals surface area (Å²) < 4.78 is 5.36. The van der Waals surface area contributed by atoms with E-state index in [-0.39, 0.29) is 12.1 Å². The third-order valence-corrected chi connectivity index (χ3v) is 4.42. The molecule has 1 unspecified atom stereocenters. The van der Waals surface area contributed by atoms with Crippen molar-refractivity contribution in [3.05, 3.63) is 33.8 Å². The molecule has 19 heavy (non-hydrogen) atoms. The normalized spacial score (nSPS) is 20.2. The lowest BCUT2D eigenvalue weighted by Crippen LogP contribution is -2.55. The zero-order valence-electron chi connectivity index (χ0n) is 11.0. The van der Waals surface area contributed by atoms with Gasteiger partial charge >= 0.3 is 0 Å². The van der Waals surface area contributed by atoms with E-state index in [1.54, 1.807) is 6.07 Å². The smallest absolute Gasteiger partial charge is 0.0616 e. The average molecular weight is 304 g/mol. The van der Waals surface area contributed by atoms with Crippen molar-refractivity contribution in [2.75, 3.05) is 32.9 Å². The number of benzene rings is 1. The lowest BCUT2D eigenvalue weighted by Gasteiger charge is -2.42. The molecular formula is C14H19Cl2NO2. The minimum absolute atomic E-state index is 0.104. The highest BCUT2D eigenvalue weighted by Crippen LogP contribution is 2.27. The van der Waals surface area contributed by atoms with Crippen LogP contribution in [0.15, 0.2) is 18.2 Å². The Bertz CT molecular complexity index is 435. The van der Waals surface area contributed by atoms with E-state index in [0.717, 1.165) is 38.3 Å². The first-order valence-corrected chi connectivity index (χ1v) is 7.18. The predicted molar refractivity (Wildman–Crippen MR) is 78.0 cm³/mol. The summed E-state index contributed by atoms with van der Waals surface area (Å²) >= 11 is 12.0. The number of aliphatic hydroxyl groups is 1. The van der Waals surface area contributed by atoms with E-state index in [2.05, 4.69) is 11.8 Å². The Morgan fingerprint density at radius 3 is 2.53 bits per heavy atom. The Kier molecular flexibility index (Phi) is 5.09. The van der Waals surface area contributed by atoms with Crippen LogP contribution in [-0.4, -0.2) is 48.5 Å². The van der Waals surface area contributed by atoms with Gasteiger partial charge in [0.2, 0.25) is 0 Å². The van der Waals surface area contributed by atoms with Crippen molar-refractivity contribution in [3.63, 3.8) is 0 Å². The van der Waals surface area contributed by atoms with Crippen molar-refractivity contribution in [3.8, 4) is 0 Å². The van der Waals surface area contributed by atoms with Gasteiger partial charge in [-0.2, -0.15) is 0 Å². The van der Waals surface area contributed by atoms with Crippen molar-refractivity contribution in [2.45, 2.75) is 18.9 Å². The van der Waals surface area contributed by atoms with Crippen molar-refractivity contribution in [1.82, 2.24) is 4.90 Å². The largest absolute Gasteiger partial charge is 0.394 e. The third kappa shape index (κ3) is 3.61. The number of ether oxygens (including phenoxy) is 1. The van der Waals surface area contributed by atoms with Gasteiger partial charge in [-0.15, -0.1) is 0 Å². The second-order valence-electron chi connectivity index (χ2n) is 5.18. The van der Waals surface area contributed by atoms with Gasteiger partial charge in [0.25, 0.3) is 0 Å². The van der Waals surface area contributed by atoms with Crippen LogP contribution >= 0.6 is 23.2 Å². The number of rotatable bonds is 4. The lowest BCUT2D eigenvalue weighted by molar-refractivity contribution is -0.0363. The molecule has 1 N–H and O–H groups in total. The van der Waals surface area contributed by atoms with E-state index < -0.39 is 0 Å². The fourth-order valence-electron chi connectivity index (χ4n) is 2.46. The van der Waals surface area contributed by atoms with Crippen LogP contribution in [0.2, 0.25) is 10.0 Å². The van der Waals surface area contributed by atoms with Crippen molar-refractivity contribution >= 4 is 23.2 Å². The van der Waals surface area contributed by atoms with E-state index in [0.29, 0.717) is 10.0 Å². The minimum Gasteiger partial charge on any atom is -0.394 e. The highest BCUT2D eigenvalue weighted by Gasteiger charge is 2.32. The second kappa shape index (κ2) is 6.42. The summed E-state index contributed by atoms with van der Waals surface area (Å²) in [6, 6.07) is 5.64. The Balaban J connectivity index is 2.14. The van der Waals surface area contributed by atoms with E-state index in [1.165, 1.54) is 0 Å². The highest BCUT2D eigenvalue weighted by molar-refractivity contribution is 6.42. The molecule has 106 valence electrons. The fraction of sp³-hybridized carbons (Fsp3) is 0.571. The van der Waals surface area contributed by atoms with Crippen LogP contribution in [0.3, 0.4) is 0 Å². The van der Waals surface area contributed by atoms with Gasteiger partial charge in [0.05, 0.1) is 29.9 Å². The van der Waals surface area contributed by atoms with E-state index in [1.807, 2.05) is 12.1 Å². The van der Waals surface area contributed by atoms with Gasteiger partial charge in [0.15, 0.2) is 0 Å². The molecule has 1 aromatic carbocycles. The van der Waals surface area contributed by atoms with E-state index >= 15 is 0 Å². The molecule has 0 aromatic heterocycles. The van der Waals surface area contributed by atoms with Gasteiger partial charge in [-0.1, -0.05) is 29.3 Å². The molecule has 0 amide bonds. The molecule has 1 fully saturated rings. The second-order valence-corrected chi connectivity index (χ2v) is 5.99. The number of hydrogen-bond acceptors (Lipinski definition) is 3. The van der Waals surface area contributed by atoms with Crippen LogP contribution in [0.5, 0.6) is 0 Å².